The summed E-state index contributed by atoms with van der Waals surface area (Å²) >= 11 is 0. The Morgan fingerprint density at radius 3 is 2.45 bits per heavy atom. The second kappa shape index (κ2) is 4.02. The molecule has 0 saturated carbocycles. The van der Waals surface area contributed by atoms with E-state index in [2.05, 4.69) is 6.42 Å². The van der Waals surface area contributed by atoms with E-state index in [4.69, 9.17) is 4.74 Å². The van der Waals surface area contributed by atoms with Gasteiger partial charge >= 0.3 is 0 Å². The molecule has 0 saturated heterocycles. The minimum Gasteiger partial charge on any atom is -0.490 e. The van der Waals surface area contributed by atoms with E-state index >= 15 is 0 Å². The molecule has 0 heterocycles. The highest BCUT2D eigenvalue weighted by Crippen LogP contribution is 2.11. The van der Waals surface area contributed by atoms with Gasteiger partial charge in [0.15, 0.2) is 0 Å². The summed E-state index contributed by atoms with van der Waals surface area (Å²) < 4.78 is 5.45. The minimum atomic E-state index is 0.0670. The van der Waals surface area contributed by atoms with Crippen molar-refractivity contribution in [3.63, 3.8) is 0 Å². The first-order valence-corrected chi connectivity index (χ1v) is 3.72. The number of benzene rings is 1. The van der Waals surface area contributed by atoms with Crippen LogP contribution in [0.3, 0.4) is 0 Å². The normalized spacial score (nSPS) is 12.5. The largest absolute Gasteiger partial charge is 0.490 e. The third kappa shape index (κ3) is 2.62. The van der Waals surface area contributed by atoms with Crippen LogP contribution in [-0.4, -0.2) is 6.10 Å². The first-order chi connectivity index (χ1) is 5.33. The Morgan fingerprint density at radius 2 is 1.91 bits per heavy atom. The molecule has 0 bridgehead atoms. The van der Waals surface area contributed by atoms with Gasteiger partial charge in [0, 0.05) is 6.42 Å². The Bertz CT molecular complexity index is 193. The molecule has 0 aliphatic heterocycles. The highest BCUT2D eigenvalue weighted by molar-refractivity contribution is 5.21. The van der Waals surface area contributed by atoms with E-state index in [1.165, 1.54) is 0 Å². The van der Waals surface area contributed by atoms with Gasteiger partial charge in [-0.2, -0.15) is 0 Å². The molecule has 1 heteroatoms. The van der Waals surface area contributed by atoms with Crippen molar-refractivity contribution < 1.29 is 4.74 Å². The summed E-state index contributed by atoms with van der Waals surface area (Å²) in [5.41, 5.74) is 0. The van der Waals surface area contributed by atoms with Gasteiger partial charge in [-0.1, -0.05) is 25.1 Å². The third-order valence-electron chi connectivity index (χ3n) is 1.46. The molecule has 1 aromatic carbocycles. The van der Waals surface area contributed by atoms with Crippen molar-refractivity contribution in [3.05, 3.63) is 36.8 Å². The fourth-order valence-electron chi connectivity index (χ4n) is 0.762. The lowest BCUT2D eigenvalue weighted by molar-refractivity contribution is 0.254. The summed E-state index contributed by atoms with van der Waals surface area (Å²) in [4.78, 5) is 0. The zero-order chi connectivity index (χ0) is 8.10. The van der Waals surface area contributed by atoms with Crippen molar-refractivity contribution >= 4 is 0 Å². The maximum absolute atomic E-state index is 5.45. The van der Waals surface area contributed by atoms with Crippen LogP contribution in [0, 0.1) is 6.42 Å². The fraction of sp³-hybridized carbons (Fsp3) is 0.300. The Morgan fingerprint density at radius 1 is 1.27 bits per heavy atom. The molecule has 11 heavy (non-hydrogen) atoms. The number of hydrogen-bond acceptors (Lipinski definition) is 1. The van der Waals surface area contributed by atoms with E-state index < -0.39 is 0 Å². The number of para-hydroxylation sites is 1. The van der Waals surface area contributed by atoms with Crippen LogP contribution in [0.15, 0.2) is 30.3 Å². The molecule has 0 aliphatic rings. The molecule has 2 radical (unpaired) electrons. The van der Waals surface area contributed by atoms with Crippen LogP contribution in [0.1, 0.15) is 13.8 Å². The predicted molar refractivity (Wildman–Crippen MR) is 45.4 cm³/mol. The van der Waals surface area contributed by atoms with Crippen molar-refractivity contribution in [3.8, 4) is 5.75 Å². The molecular weight excluding hydrogens is 136 g/mol. The van der Waals surface area contributed by atoms with Crippen molar-refractivity contribution in [2.45, 2.75) is 20.0 Å². The van der Waals surface area contributed by atoms with Gasteiger partial charge in [0.05, 0.1) is 0 Å². The topological polar surface area (TPSA) is 9.23 Å². The zero-order valence-corrected chi connectivity index (χ0v) is 6.87. The second-order valence-corrected chi connectivity index (χ2v) is 2.36. The fourth-order valence-corrected chi connectivity index (χ4v) is 0.762. The monoisotopic (exact) mass is 148 g/mol. The smallest absolute Gasteiger partial charge is 0.119 e. The van der Waals surface area contributed by atoms with Crippen LogP contribution < -0.4 is 4.74 Å². The van der Waals surface area contributed by atoms with E-state index in [0.717, 1.165) is 5.75 Å². The molecule has 58 valence electrons. The average Bonchev–Trinajstić information content (AvgIpc) is 2.06. The van der Waals surface area contributed by atoms with Gasteiger partial charge in [-0.15, -0.1) is 0 Å². The van der Waals surface area contributed by atoms with Gasteiger partial charge < -0.3 is 4.74 Å². The van der Waals surface area contributed by atoms with E-state index in [1.807, 2.05) is 44.2 Å². The summed E-state index contributed by atoms with van der Waals surface area (Å²) in [5.74, 6) is 0.898. The van der Waals surface area contributed by atoms with Crippen LogP contribution >= 0.6 is 0 Å². The maximum atomic E-state index is 5.45. The average molecular weight is 148 g/mol. The Hall–Kier alpha value is -0.980. The van der Waals surface area contributed by atoms with Gasteiger partial charge in [-0.05, 0) is 19.1 Å². The van der Waals surface area contributed by atoms with Crippen molar-refractivity contribution in [1.82, 2.24) is 0 Å². The molecule has 0 aromatic heterocycles. The Labute approximate surface area is 68.0 Å². The zero-order valence-electron chi connectivity index (χ0n) is 6.87. The summed E-state index contributed by atoms with van der Waals surface area (Å²) in [6.45, 7) is 3.83. The highest BCUT2D eigenvalue weighted by Gasteiger charge is 1.98. The van der Waals surface area contributed by atoms with Gasteiger partial charge in [0.2, 0.25) is 0 Å². The lowest BCUT2D eigenvalue weighted by atomic mass is 10.3. The van der Waals surface area contributed by atoms with Crippen LogP contribution in [-0.2, 0) is 0 Å². The van der Waals surface area contributed by atoms with Crippen LogP contribution in [0.4, 0.5) is 0 Å². The molecule has 0 spiro atoms. The molecule has 1 unspecified atom stereocenters. The van der Waals surface area contributed by atoms with Crippen molar-refractivity contribution in [1.29, 1.82) is 0 Å². The Kier molecular flexibility index (Phi) is 2.96. The van der Waals surface area contributed by atoms with Gasteiger partial charge in [0.1, 0.15) is 11.9 Å². The second-order valence-electron chi connectivity index (χ2n) is 2.36. The van der Waals surface area contributed by atoms with E-state index in [0.29, 0.717) is 0 Å². The first kappa shape index (κ1) is 8.12. The van der Waals surface area contributed by atoms with Crippen LogP contribution in [0.25, 0.3) is 0 Å². The maximum Gasteiger partial charge on any atom is 0.119 e. The molecule has 0 amide bonds. The quantitative estimate of drug-likeness (QED) is 0.640. The number of ether oxygens (including phenoxy) is 1. The van der Waals surface area contributed by atoms with Crippen LogP contribution in [0.5, 0.6) is 5.75 Å². The van der Waals surface area contributed by atoms with Gasteiger partial charge in [-0.3, -0.25) is 0 Å². The third-order valence-corrected chi connectivity index (χ3v) is 1.46. The summed E-state index contributed by atoms with van der Waals surface area (Å²) in [7, 11) is 0. The molecule has 1 nitrogen and oxygen atoms in total. The van der Waals surface area contributed by atoms with E-state index in [1.54, 1.807) is 0 Å². The van der Waals surface area contributed by atoms with Crippen molar-refractivity contribution in [2.24, 2.45) is 0 Å². The Balaban J connectivity index is 2.51. The summed E-state index contributed by atoms with van der Waals surface area (Å²) in [5, 5.41) is 0. The highest BCUT2D eigenvalue weighted by atomic mass is 16.5. The lowest BCUT2D eigenvalue weighted by Gasteiger charge is -2.10. The molecular formula is C10H12O. The standard InChI is InChI=1S/C10H12O/c1-3-9(2)11-10-7-5-4-6-8-10/h4-9H,1-2H3. The van der Waals surface area contributed by atoms with E-state index in [9.17, 15) is 0 Å². The SMILES string of the molecule is C[C]C(C)Oc1ccccc1. The van der Waals surface area contributed by atoms with Gasteiger partial charge in [-0.25, -0.2) is 0 Å². The minimum absolute atomic E-state index is 0.0670. The molecule has 0 aliphatic carbocycles. The number of hydrogen-bond donors (Lipinski definition) is 0. The summed E-state index contributed by atoms with van der Waals surface area (Å²) in [6.07, 6.45) is 3.06. The molecule has 1 atom stereocenters. The summed E-state index contributed by atoms with van der Waals surface area (Å²) in [6, 6.07) is 9.76. The number of rotatable bonds is 3. The lowest BCUT2D eigenvalue weighted by Crippen LogP contribution is -2.09. The molecule has 1 aromatic rings. The molecule has 0 N–H and O–H groups in total. The van der Waals surface area contributed by atoms with E-state index in [-0.39, 0.29) is 6.10 Å². The van der Waals surface area contributed by atoms with Crippen molar-refractivity contribution in [2.75, 3.05) is 0 Å². The van der Waals surface area contributed by atoms with Gasteiger partial charge in [0.25, 0.3) is 0 Å². The van der Waals surface area contributed by atoms with Crippen LogP contribution in [0.2, 0.25) is 0 Å². The first-order valence-electron chi connectivity index (χ1n) is 3.72. The molecule has 0 fully saturated rings. The predicted octanol–water partition coefficient (Wildman–Crippen LogP) is 2.56. The molecule has 1 rings (SSSR count).